The van der Waals surface area contributed by atoms with Crippen LogP contribution < -0.4 is 4.74 Å². The topological polar surface area (TPSA) is 70.1 Å². The first-order valence-electron chi connectivity index (χ1n) is 8.30. The number of hydrogen-bond acceptors (Lipinski definition) is 3. The van der Waals surface area contributed by atoms with Crippen LogP contribution in [0.4, 0.5) is 4.79 Å². The number of benzene rings is 1. The number of nitrogens with zero attached hydrogens (tertiary/aromatic N) is 2. The molecule has 0 spiro atoms. The van der Waals surface area contributed by atoms with Gasteiger partial charge in [-0.25, -0.2) is 4.79 Å². The van der Waals surface area contributed by atoms with Crippen LogP contribution in [-0.4, -0.2) is 58.7 Å². The Morgan fingerprint density at radius 3 is 2.36 bits per heavy atom. The smallest absolute Gasteiger partial charge is 0.407 e. The number of carboxylic acid groups (broad SMARTS) is 1. The molecule has 0 bridgehead atoms. The number of hydrogen-bond donors (Lipinski definition) is 1. The van der Waals surface area contributed by atoms with Crippen LogP contribution in [0.2, 0.25) is 0 Å². The van der Waals surface area contributed by atoms with Gasteiger partial charge in [0.1, 0.15) is 5.75 Å². The summed E-state index contributed by atoms with van der Waals surface area (Å²) in [4.78, 5) is 27.4. The summed E-state index contributed by atoms with van der Waals surface area (Å²) in [7, 11) is 0. The lowest BCUT2D eigenvalue weighted by molar-refractivity contribution is -0.146. The van der Waals surface area contributed by atoms with Crippen LogP contribution in [0.15, 0.2) is 28.7 Å². The molecular weight excluding hydrogens is 388 g/mol. The van der Waals surface area contributed by atoms with Crippen molar-refractivity contribution in [2.24, 2.45) is 5.41 Å². The van der Waals surface area contributed by atoms with Gasteiger partial charge < -0.3 is 19.6 Å². The fraction of sp³-hybridized carbons (Fsp3) is 0.556. The first kappa shape index (κ1) is 19.6. The molecule has 0 saturated carbocycles. The van der Waals surface area contributed by atoms with Crippen LogP contribution in [0.1, 0.15) is 27.7 Å². The summed E-state index contributed by atoms with van der Waals surface area (Å²) in [5, 5.41) is 9.27. The number of halogens is 1. The zero-order valence-corrected chi connectivity index (χ0v) is 16.6. The molecule has 6 nitrogen and oxygen atoms in total. The van der Waals surface area contributed by atoms with Crippen molar-refractivity contribution in [2.45, 2.75) is 39.8 Å². The van der Waals surface area contributed by atoms with E-state index in [2.05, 4.69) is 15.9 Å². The lowest BCUT2D eigenvalue weighted by Gasteiger charge is -2.47. The average molecular weight is 413 g/mol. The second-order valence-electron chi connectivity index (χ2n) is 7.36. The van der Waals surface area contributed by atoms with E-state index >= 15 is 0 Å². The van der Waals surface area contributed by atoms with Gasteiger partial charge >= 0.3 is 6.09 Å². The van der Waals surface area contributed by atoms with E-state index < -0.39 is 12.2 Å². The minimum atomic E-state index is -0.944. The Morgan fingerprint density at radius 1 is 1.24 bits per heavy atom. The standard InChI is InChI=1S/C18H25BrN2O4/c1-12(25-14-7-5-13(19)6-8-14)16(22)21-10-9-20(17(23)24)11-15(21)18(2,3)4/h5-8,12,15H,9-11H2,1-4H3,(H,23,24). The largest absolute Gasteiger partial charge is 0.481 e. The van der Waals surface area contributed by atoms with Gasteiger partial charge in [-0.2, -0.15) is 0 Å². The Labute approximate surface area is 156 Å². The molecule has 7 heteroatoms. The SMILES string of the molecule is CC(Oc1ccc(Br)cc1)C(=O)N1CCN(C(=O)O)CC1C(C)(C)C. The quantitative estimate of drug-likeness (QED) is 0.824. The van der Waals surface area contributed by atoms with Gasteiger partial charge in [-0.1, -0.05) is 36.7 Å². The van der Waals surface area contributed by atoms with Crippen LogP contribution in [0.5, 0.6) is 5.75 Å². The maximum atomic E-state index is 12.9. The minimum absolute atomic E-state index is 0.118. The Morgan fingerprint density at radius 2 is 1.84 bits per heavy atom. The minimum Gasteiger partial charge on any atom is -0.481 e. The third-order valence-electron chi connectivity index (χ3n) is 4.41. The molecular formula is C18H25BrN2O4. The Kier molecular flexibility index (Phi) is 5.98. The summed E-state index contributed by atoms with van der Waals surface area (Å²) >= 11 is 3.37. The number of carbonyl (C=O) groups is 2. The molecule has 0 aromatic heterocycles. The molecule has 1 heterocycles. The summed E-state index contributed by atoms with van der Waals surface area (Å²) in [6.45, 7) is 8.79. The lowest BCUT2D eigenvalue weighted by atomic mass is 9.84. The molecule has 1 aliphatic heterocycles. The van der Waals surface area contributed by atoms with Crippen molar-refractivity contribution in [1.82, 2.24) is 9.80 Å². The van der Waals surface area contributed by atoms with E-state index in [0.29, 0.717) is 25.4 Å². The average Bonchev–Trinajstić information content (AvgIpc) is 2.54. The summed E-state index contributed by atoms with van der Waals surface area (Å²) in [5.74, 6) is 0.508. The summed E-state index contributed by atoms with van der Waals surface area (Å²) in [6, 6.07) is 7.13. The first-order chi connectivity index (χ1) is 11.6. The number of ether oxygens (including phenoxy) is 1. The van der Waals surface area contributed by atoms with E-state index in [-0.39, 0.29) is 17.4 Å². The number of piperazine rings is 1. The maximum Gasteiger partial charge on any atom is 0.407 e. The molecule has 25 heavy (non-hydrogen) atoms. The van der Waals surface area contributed by atoms with Crippen molar-refractivity contribution in [1.29, 1.82) is 0 Å². The van der Waals surface area contributed by atoms with Crippen LogP contribution >= 0.6 is 15.9 Å². The molecule has 138 valence electrons. The van der Waals surface area contributed by atoms with Crippen molar-refractivity contribution in [3.05, 3.63) is 28.7 Å². The van der Waals surface area contributed by atoms with E-state index in [1.165, 1.54) is 4.90 Å². The first-order valence-corrected chi connectivity index (χ1v) is 9.09. The monoisotopic (exact) mass is 412 g/mol. The zero-order valence-electron chi connectivity index (χ0n) is 15.0. The van der Waals surface area contributed by atoms with E-state index in [0.717, 1.165) is 4.47 Å². The highest BCUT2D eigenvalue weighted by Gasteiger charge is 2.40. The van der Waals surface area contributed by atoms with E-state index in [4.69, 9.17) is 4.74 Å². The van der Waals surface area contributed by atoms with Gasteiger partial charge in [0.25, 0.3) is 5.91 Å². The van der Waals surface area contributed by atoms with Gasteiger partial charge in [0.05, 0.1) is 6.04 Å². The molecule has 1 aliphatic rings. The van der Waals surface area contributed by atoms with E-state index in [9.17, 15) is 14.7 Å². The zero-order chi connectivity index (χ0) is 18.8. The van der Waals surface area contributed by atoms with E-state index in [1.54, 1.807) is 24.0 Å². The van der Waals surface area contributed by atoms with Gasteiger partial charge in [0.15, 0.2) is 6.10 Å². The van der Waals surface area contributed by atoms with Crippen molar-refractivity contribution in [3.63, 3.8) is 0 Å². The van der Waals surface area contributed by atoms with Gasteiger partial charge in [0, 0.05) is 24.1 Å². The van der Waals surface area contributed by atoms with Crippen LogP contribution in [-0.2, 0) is 4.79 Å². The molecule has 1 aromatic rings. The fourth-order valence-electron chi connectivity index (χ4n) is 2.96. The van der Waals surface area contributed by atoms with Crippen molar-refractivity contribution >= 4 is 27.9 Å². The normalized spacial score (nSPS) is 19.5. The molecule has 2 amide bonds. The molecule has 0 radical (unpaired) electrons. The summed E-state index contributed by atoms with van der Waals surface area (Å²) < 4.78 is 6.72. The van der Waals surface area contributed by atoms with E-state index in [1.807, 2.05) is 32.9 Å². The van der Waals surface area contributed by atoms with Gasteiger partial charge in [-0.15, -0.1) is 0 Å². The Bertz CT molecular complexity index is 627. The van der Waals surface area contributed by atoms with Gasteiger partial charge in [0.2, 0.25) is 0 Å². The Balaban J connectivity index is 2.12. The van der Waals surface area contributed by atoms with Crippen molar-refractivity contribution in [3.8, 4) is 5.75 Å². The second kappa shape index (κ2) is 7.64. The molecule has 1 fully saturated rings. The van der Waals surface area contributed by atoms with Crippen molar-refractivity contribution in [2.75, 3.05) is 19.6 Å². The van der Waals surface area contributed by atoms with Crippen LogP contribution in [0.3, 0.4) is 0 Å². The second-order valence-corrected chi connectivity index (χ2v) is 8.27. The molecule has 1 aromatic carbocycles. The fourth-order valence-corrected chi connectivity index (χ4v) is 3.23. The number of carbonyl (C=O) groups excluding carboxylic acids is 1. The molecule has 1 saturated heterocycles. The predicted octanol–water partition coefficient (Wildman–Crippen LogP) is 3.45. The molecule has 2 atom stereocenters. The highest BCUT2D eigenvalue weighted by Crippen LogP contribution is 2.29. The molecule has 2 unspecified atom stereocenters. The van der Waals surface area contributed by atoms with Gasteiger partial charge in [-0.3, -0.25) is 4.79 Å². The summed E-state index contributed by atoms with van der Waals surface area (Å²) in [6.07, 6.45) is -1.58. The lowest BCUT2D eigenvalue weighted by Crippen LogP contribution is -2.62. The third-order valence-corrected chi connectivity index (χ3v) is 4.94. The molecule has 2 rings (SSSR count). The highest BCUT2D eigenvalue weighted by atomic mass is 79.9. The number of amides is 2. The molecule has 1 N–H and O–H groups in total. The number of rotatable bonds is 3. The Hall–Kier alpha value is -1.76. The maximum absolute atomic E-state index is 12.9. The third kappa shape index (κ3) is 4.87. The summed E-state index contributed by atoms with van der Waals surface area (Å²) in [5.41, 5.74) is -0.235. The van der Waals surface area contributed by atoms with Crippen LogP contribution in [0.25, 0.3) is 0 Å². The highest BCUT2D eigenvalue weighted by molar-refractivity contribution is 9.10. The molecule has 0 aliphatic carbocycles. The van der Waals surface area contributed by atoms with Crippen molar-refractivity contribution < 1.29 is 19.4 Å². The van der Waals surface area contributed by atoms with Crippen LogP contribution in [0, 0.1) is 5.41 Å². The predicted molar refractivity (Wildman–Crippen MR) is 98.8 cm³/mol. The van der Waals surface area contributed by atoms with Gasteiger partial charge in [-0.05, 0) is 36.6 Å².